The molecule has 0 radical (unpaired) electrons. The third-order valence-electron chi connectivity index (χ3n) is 3.68. The summed E-state index contributed by atoms with van der Waals surface area (Å²) in [6.45, 7) is 2.99. The SMILES string of the molecule is Cc1ccc(OCC(=O)NC2CC2)c(CNC2CC2)c1. The molecule has 4 nitrogen and oxygen atoms in total. The number of nitrogens with one attached hydrogen (secondary N) is 2. The van der Waals surface area contributed by atoms with Crippen LogP contribution < -0.4 is 15.4 Å². The van der Waals surface area contributed by atoms with Crippen molar-refractivity contribution in [3.8, 4) is 5.75 Å². The maximum Gasteiger partial charge on any atom is 0.258 e. The van der Waals surface area contributed by atoms with Gasteiger partial charge in [-0.05, 0) is 38.7 Å². The third-order valence-corrected chi connectivity index (χ3v) is 3.68. The lowest BCUT2D eigenvalue weighted by Gasteiger charge is -2.13. The highest BCUT2D eigenvalue weighted by Crippen LogP contribution is 2.24. The van der Waals surface area contributed by atoms with Crippen LogP contribution in [0.4, 0.5) is 0 Å². The van der Waals surface area contributed by atoms with Gasteiger partial charge in [-0.15, -0.1) is 0 Å². The van der Waals surface area contributed by atoms with Gasteiger partial charge in [0.1, 0.15) is 5.75 Å². The van der Waals surface area contributed by atoms with Gasteiger partial charge in [0.25, 0.3) is 5.91 Å². The third kappa shape index (κ3) is 3.97. The van der Waals surface area contributed by atoms with Gasteiger partial charge in [0, 0.05) is 24.2 Å². The molecule has 1 aromatic rings. The predicted molar refractivity (Wildman–Crippen MR) is 77.7 cm³/mol. The van der Waals surface area contributed by atoms with Gasteiger partial charge in [-0.1, -0.05) is 17.7 Å². The largest absolute Gasteiger partial charge is 0.483 e. The minimum absolute atomic E-state index is 0.0193. The number of hydrogen-bond donors (Lipinski definition) is 2. The fraction of sp³-hybridized carbons (Fsp3) is 0.562. The topological polar surface area (TPSA) is 50.4 Å². The number of hydrogen-bond acceptors (Lipinski definition) is 3. The van der Waals surface area contributed by atoms with Gasteiger partial charge in [0.15, 0.2) is 6.61 Å². The summed E-state index contributed by atoms with van der Waals surface area (Å²) in [5.41, 5.74) is 2.35. The number of carbonyl (C=O) groups is 1. The van der Waals surface area contributed by atoms with Crippen LogP contribution in [0.5, 0.6) is 5.75 Å². The highest BCUT2D eigenvalue weighted by atomic mass is 16.5. The average Bonchev–Trinajstić information content (AvgIpc) is 3.30. The molecule has 2 saturated carbocycles. The van der Waals surface area contributed by atoms with Gasteiger partial charge in [0.2, 0.25) is 0 Å². The summed E-state index contributed by atoms with van der Waals surface area (Å²) >= 11 is 0. The molecular weight excluding hydrogens is 252 g/mol. The van der Waals surface area contributed by atoms with Gasteiger partial charge in [-0.25, -0.2) is 0 Å². The first-order valence-electron chi connectivity index (χ1n) is 7.46. The zero-order valence-electron chi connectivity index (χ0n) is 11.9. The maximum absolute atomic E-state index is 11.7. The van der Waals surface area contributed by atoms with Crippen LogP contribution in [-0.4, -0.2) is 24.6 Å². The fourth-order valence-corrected chi connectivity index (χ4v) is 2.17. The van der Waals surface area contributed by atoms with E-state index in [0.717, 1.165) is 30.7 Å². The van der Waals surface area contributed by atoms with Crippen molar-refractivity contribution in [3.05, 3.63) is 29.3 Å². The Morgan fingerprint density at radius 2 is 2.00 bits per heavy atom. The Hall–Kier alpha value is -1.55. The molecule has 4 heteroatoms. The van der Waals surface area contributed by atoms with Gasteiger partial charge in [-0.3, -0.25) is 4.79 Å². The first-order chi connectivity index (χ1) is 9.70. The molecule has 0 aliphatic heterocycles. The van der Waals surface area contributed by atoms with E-state index in [0.29, 0.717) is 12.1 Å². The Morgan fingerprint density at radius 1 is 1.25 bits per heavy atom. The fourth-order valence-electron chi connectivity index (χ4n) is 2.17. The molecule has 108 valence electrons. The molecule has 2 N–H and O–H groups in total. The number of ether oxygens (including phenoxy) is 1. The Balaban J connectivity index is 1.56. The van der Waals surface area contributed by atoms with E-state index in [1.165, 1.54) is 18.4 Å². The molecule has 2 aliphatic rings. The average molecular weight is 274 g/mol. The number of benzene rings is 1. The van der Waals surface area contributed by atoms with E-state index in [1.807, 2.05) is 12.1 Å². The van der Waals surface area contributed by atoms with Crippen LogP contribution in [0.2, 0.25) is 0 Å². The van der Waals surface area contributed by atoms with Crippen LogP contribution in [-0.2, 0) is 11.3 Å². The van der Waals surface area contributed by atoms with Crippen molar-refractivity contribution in [2.45, 2.75) is 51.2 Å². The Bertz CT molecular complexity index is 493. The smallest absolute Gasteiger partial charge is 0.258 e. The molecule has 0 spiro atoms. The molecule has 3 rings (SSSR count). The number of amides is 1. The van der Waals surface area contributed by atoms with E-state index < -0.39 is 0 Å². The zero-order chi connectivity index (χ0) is 13.9. The molecule has 0 atom stereocenters. The molecule has 20 heavy (non-hydrogen) atoms. The van der Waals surface area contributed by atoms with Crippen LogP contribution in [0, 0.1) is 6.92 Å². The summed E-state index contributed by atoms with van der Waals surface area (Å²) in [5, 5.41) is 6.43. The zero-order valence-corrected chi connectivity index (χ0v) is 11.9. The molecule has 0 saturated heterocycles. The molecule has 1 aromatic carbocycles. The first-order valence-corrected chi connectivity index (χ1v) is 7.46. The summed E-state index contributed by atoms with van der Waals surface area (Å²) in [5.74, 6) is 0.795. The van der Waals surface area contributed by atoms with E-state index in [-0.39, 0.29) is 12.5 Å². The molecule has 2 aliphatic carbocycles. The number of carbonyl (C=O) groups excluding carboxylic acids is 1. The van der Waals surface area contributed by atoms with Crippen molar-refractivity contribution in [2.75, 3.05) is 6.61 Å². The lowest BCUT2D eigenvalue weighted by molar-refractivity contribution is -0.123. The van der Waals surface area contributed by atoms with Crippen molar-refractivity contribution in [2.24, 2.45) is 0 Å². The molecule has 0 heterocycles. The Kier molecular flexibility index (Phi) is 3.92. The van der Waals surface area contributed by atoms with Crippen LogP contribution in [0.25, 0.3) is 0 Å². The van der Waals surface area contributed by atoms with Crippen molar-refractivity contribution < 1.29 is 9.53 Å². The number of rotatable bonds is 7. The molecular formula is C16H22N2O2. The van der Waals surface area contributed by atoms with Gasteiger partial charge < -0.3 is 15.4 Å². The predicted octanol–water partition coefficient (Wildman–Crippen LogP) is 1.90. The summed E-state index contributed by atoms with van der Waals surface area (Å²) in [4.78, 5) is 11.7. The van der Waals surface area contributed by atoms with E-state index >= 15 is 0 Å². The molecule has 0 bridgehead atoms. The van der Waals surface area contributed by atoms with Crippen molar-refractivity contribution in [1.82, 2.24) is 10.6 Å². The van der Waals surface area contributed by atoms with Crippen molar-refractivity contribution in [3.63, 3.8) is 0 Å². The van der Waals surface area contributed by atoms with Gasteiger partial charge in [0.05, 0.1) is 0 Å². The van der Waals surface area contributed by atoms with E-state index in [4.69, 9.17) is 4.74 Å². The van der Waals surface area contributed by atoms with Crippen LogP contribution in [0.3, 0.4) is 0 Å². The summed E-state index contributed by atoms with van der Waals surface area (Å²) in [7, 11) is 0. The molecule has 0 unspecified atom stereocenters. The Morgan fingerprint density at radius 3 is 2.70 bits per heavy atom. The second-order valence-corrected chi connectivity index (χ2v) is 5.90. The quantitative estimate of drug-likeness (QED) is 0.798. The molecule has 0 aromatic heterocycles. The van der Waals surface area contributed by atoms with Gasteiger partial charge in [-0.2, -0.15) is 0 Å². The van der Waals surface area contributed by atoms with Crippen LogP contribution in [0.1, 0.15) is 36.8 Å². The van der Waals surface area contributed by atoms with E-state index in [1.54, 1.807) is 0 Å². The van der Waals surface area contributed by atoms with Crippen LogP contribution in [0.15, 0.2) is 18.2 Å². The minimum Gasteiger partial charge on any atom is -0.483 e. The summed E-state index contributed by atoms with van der Waals surface area (Å²) in [6.07, 6.45) is 4.75. The van der Waals surface area contributed by atoms with E-state index in [2.05, 4.69) is 23.6 Å². The molecule has 1 amide bonds. The minimum atomic E-state index is -0.0193. The summed E-state index contributed by atoms with van der Waals surface area (Å²) < 4.78 is 5.68. The lowest BCUT2D eigenvalue weighted by atomic mass is 10.1. The van der Waals surface area contributed by atoms with E-state index in [9.17, 15) is 4.79 Å². The number of aryl methyl sites for hydroxylation is 1. The first kappa shape index (κ1) is 13.4. The highest BCUT2D eigenvalue weighted by molar-refractivity contribution is 5.78. The maximum atomic E-state index is 11.7. The Labute approximate surface area is 119 Å². The lowest BCUT2D eigenvalue weighted by Crippen LogP contribution is -2.30. The second kappa shape index (κ2) is 5.83. The van der Waals surface area contributed by atoms with Crippen molar-refractivity contribution in [1.29, 1.82) is 0 Å². The second-order valence-electron chi connectivity index (χ2n) is 5.90. The van der Waals surface area contributed by atoms with Crippen molar-refractivity contribution >= 4 is 5.91 Å². The molecule has 2 fully saturated rings. The summed E-state index contributed by atoms with van der Waals surface area (Å²) in [6, 6.07) is 7.17. The monoisotopic (exact) mass is 274 g/mol. The highest BCUT2D eigenvalue weighted by Gasteiger charge is 2.23. The normalized spacial score (nSPS) is 17.9. The van der Waals surface area contributed by atoms with Gasteiger partial charge >= 0.3 is 0 Å². The van der Waals surface area contributed by atoms with Crippen LogP contribution >= 0.6 is 0 Å². The standard InChI is InChI=1S/C16H22N2O2/c1-11-2-7-15(12(8-11)9-17-13-3-4-13)20-10-16(19)18-14-5-6-14/h2,7-8,13-14,17H,3-6,9-10H2,1H3,(H,18,19).